The van der Waals surface area contributed by atoms with E-state index in [0.717, 1.165) is 5.70 Å². The van der Waals surface area contributed by atoms with Gasteiger partial charge in [0.2, 0.25) is 0 Å². The van der Waals surface area contributed by atoms with Crippen LogP contribution in [0.2, 0.25) is 0 Å². The molecule has 0 atom stereocenters. The molecule has 0 bridgehead atoms. The van der Waals surface area contributed by atoms with Crippen molar-refractivity contribution in [2.75, 3.05) is 6.73 Å². The van der Waals surface area contributed by atoms with Crippen molar-refractivity contribution >= 4 is 0 Å². The molecule has 0 aliphatic rings. The Morgan fingerprint density at radius 3 is 2.71 bits per heavy atom. The topological polar surface area (TPSA) is 41.5 Å². The Kier molecular flexibility index (Phi) is 3.36. The lowest BCUT2D eigenvalue weighted by Gasteiger charge is -1.98. The fraction of sp³-hybridized carbons (Fsp3) is 0.500. The van der Waals surface area contributed by atoms with Gasteiger partial charge in [-0.3, -0.25) is 0 Å². The molecule has 0 amide bonds. The highest BCUT2D eigenvalue weighted by Crippen LogP contribution is 1.74. The van der Waals surface area contributed by atoms with Crippen molar-refractivity contribution in [3.05, 3.63) is 12.3 Å². The summed E-state index contributed by atoms with van der Waals surface area (Å²) >= 11 is 0. The minimum absolute atomic E-state index is 0.106. The van der Waals surface area contributed by atoms with Crippen LogP contribution in [0.25, 0.3) is 0 Å². The summed E-state index contributed by atoms with van der Waals surface area (Å²) in [5.41, 5.74) is 0.772. The molecule has 0 saturated carbocycles. The Labute approximate surface area is 42.5 Å². The molecule has 0 spiro atoms. The summed E-state index contributed by atoms with van der Waals surface area (Å²) in [6, 6.07) is 0. The first-order chi connectivity index (χ1) is 3.27. The number of hydrogen-bond acceptors (Lipinski definition) is 3. The molecule has 42 valence electrons. The van der Waals surface area contributed by atoms with E-state index in [2.05, 4.69) is 16.8 Å². The summed E-state index contributed by atoms with van der Waals surface area (Å²) in [5, 5.41) is 10.3. The third-order valence-corrected chi connectivity index (χ3v) is 0.438. The van der Waals surface area contributed by atoms with Gasteiger partial charge in [0.1, 0.15) is 0 Å². The molecular weight excluding hydrogens is 94.0 g/mol. The fourth-order valence-corrected chi connectivity index (χ4v) is 0.155. The second kappa shape index (κ2) is 3.64. The van der Waals surface area contributed by atoms with Gasteiger partial charge in [-0.05, 0) is 6.92 Å². The summed E-state index contributed by atoms with van der Waals surface area (Å²) in [7, 11) is 0. The van der Waals surface area contributed by atoms with E-state index in [4.69, 9.17) is 5.26 Å². The highest BCUT2D eigenvalue weighted by atomic mass is 17.1. The lowest BCUT2D eigenvalue weighted by Crippen LogP contribution is -2.12. The molecule has 0 unspecified atom stereocenters. The van der Waals surface area contributed by atoms with Crippen LogP contribution in [0.15, 0.2) is 12.3 Å². The minimum atomic E-state index is 0.106. The zero-order valence-electron chi connectivity index (χ0n) is 4.27. The van der Waals surface area contributed by atoms with Crippen molar-refractivity contribution in [2.45, 2.75) is 6.92 Å². The largest absolute Gasteiger partial charge is 0.364 e. The van der Waals surface area contributed by atoms with E-state index in [1.165, 1.54) is 0 Å². The Hall–Kier alpha value is -0.540. The van der Waals surface area contributed by atoms with E-state index < -0.39 is 0 Å². The van der Waals surface area contributed by atoms with Gasteiger partial charge in [-0.2, -0.15) is 0 Å². The van der Waals surface area contributed by atoms with E-state index in [1.54, 1.807) is 6.92 Å². The van der Waals surface area contributed by atoms with E-state index in [-0.39, 0.29) is 6.73 Å². The Morgan fingerprint density at radius 1 is 2.00 bits per heavy atom. The highest BCUT2D eigenvalue weighted by molar-refractivity contribution is 4.81. The molecule has 0 aromatic carbocycles. The summed E-state index contributed by atoms with van der Waals surface area (Å²) in [6.07, 6.45) is 0. The van der Waals surface area contributed by atoms with Crippen molar-refractivity contribution in [2.24, 2.45) is 0 Å². The molecule has 0 aliphatic heterocycles. The van der Waals surface area contributed by atoms with Gasteiger partial charge < -0.3 is 5.32 Å². The maximum atomic E-state index is 7.71. The number of allylic oxidation sites excluding steroid dienone is 1. The van der Waals surface area contributed by atoms with Crippen molar-refractivity contribution in [3.63, 3.8) is 0 Å². The minimum Gasteiger partial charge on any atom is -0.364 e. The summed E-state index contributed by atoms with van der Waals surface area (Å²) in [5.74, 6) is 0. The van der Waals surface area contributed by atoms with Gasteiger partial charge >= 0.3 is 0 Å². The second-order valence-corrected chi connectivity index (χ2v) is 1.23. The number of hydrogen-bond donors (Lipinski definition) is 2. The predicted octanol–water partition coefficient (Wildman–Crippen LogP) is 0.557. The Morgan fingerprint density at radius 2 is 2.57 bits per heavy atom. The Bertz CT molecular complexity index is 62.7. The predicted molar refractivity (Wildman–Crippen MR) is 26.5 cm³/mol. The van der Waals surface area contributed by atoms with Crippen molar-refractivity contribution in [3.8, 4) is 0 Å². The zero-order chi connectivity index (χ0) is 5.70. The van der Waals surface area contributed by atoms with Crippen LogP contribution in [0, 0.1) is 0 Å². The van der Waals surface area contributed by atoms with Crippen LogP contribution in [-0.2, 0) is 4.89 Å². The van der Waals surface area contributed by atoms with Crippen LogP contribution in [0.3, 0.4) is 0 Å². The van der Waals surface area contributed by atoms with Gasteiger partial charge in [-0.15, -0.1) is 0 Å². The summed E-state index contributed by atoms with van der Waals surface area (Å²) in [4.78, 5) is 3.68. The van der Waals surface area contributed by atoms with Gasteiger partial charge in [0.05, 0.1) is 0 Å². The quantitative estimate of drug-likeness (QED) is 0.311. The van der Waals surface area contributed by atoms with Crippen LogP contribution in [-0.4, -0.2) is 12.0 Å². The maximum Gasteiger partial charge on any atom is 0.151 e. The third kappa shape index (κ3) is 5.46. The molecule has 0 fully saturated rings. The van der Waals surface area contributed by atoms with Gasteiger partial charge in [0, 0.05) is 5.70 Å². The fourth-order valence-electron chi connectivity index (χ4n) is 0.155. The first-order valence-corrected chi connectivity index (χ1v) is 1.93. The number of nitrogens with one attached hydrogen (secondary N) is 1. The molecule has 7 heavy (non-hydrogen) atoms. The molecule has 0 heterocycles. The summed E-state index contributed by atoms with van der Waals surface area (Å²) in [6.45, 7) is 5.37. The van der Waals surface area contributed by atoms with Crippen LogP contribution in [0.1, 0.15) is 6.92 Å². The van der Waals surface area contributed by atoms with E-state index in [1.807, 2.05) is 0 Å². The van der Waals surface area contributed by atoms with Gasteiger partial charge in [0.15, 0.2) is 6.73 Å². The van der Waals surface area contributed by atoms with Gasteiger partial charge in [0.25, 0.3) is 0 Å². The molecule has 0 saturated heterocycles. The SMILES string of the molecule is C=C(C)NCOO. The van der Waals surface area contributed by atoms with E-state index in [0.29, 0.717) is 0 Å². The van der Waals surface area contributed by atoms with Gasteiger partial charge in [-0.1, -0.05) is 6.58 Å². The summed E-state index contributed by atoms with van der Waals surface area (Å²) < 4.78 is 0. The third-order valence-electron chi connectivity index (χ3n) is 0.438. The van der Waals surface area contributed by atoms with Crippen LogP contribution >= 0.6 is 0 Å². The molecule has 2 N–H and O–H groups in total. The Balaban J connectivity index is 2.82. The molecule has 3 heteroatoms. The first kappa shape index (κ1) is 6.46. The van der Waals surface area contributed by atoms with Crippen molar-refractivity contribution in [1.82, 2.24) is 5.32 Å². The van der Waals surface area contributed by atoms with E-state index >= 15 is 0 Å². The average molecular weight is 103 g/mol. The average Bonchev–Trinajstić information content (AvgIpc) is 1.61. The molecule has 0 aliphatic carbocycles. The molecule has 0 aromatic rings. The molecule has 0 rings (SSSR count). The monoisotopic (exact) mass is 103 g/mol. The van der Waals surface area contributed by atoms with Crippen LogP contribution in [0.4, 0.5) is 0 Å². The van der Waals surface area contributed by atoms with E-state index in [9.17, 15) is 0 Å². The maximum absolute atomic E-state index is 7.71. The van der Waals surface area contributed by atoms with Crippen LogP contribution in [0.5, 0.6) is 0 Å². The van der Waals surface area contributed by atoms with Crippen LogP contribution < -0.4 is 5.32 Å². The lowest BCUT2D eigenvalue weighted by atomic mass is 10.6. The molecular formula is C4H9NO2. The smallest absolute Gasteiger partial charge is 0.151 e. The molecule has 0 radical (unpaired) electrons. The standard InChI is InChI=1S/C4H9NO2/c1-4(2)5-3-7-6/h5-6H,1,3H2,2H3. The number of rotatable bonds is 3. The van der Waals surface area contributed by atoms with Crippen molar-refractivity contribution in [1.29, 1.82) is 0 Å². The lowest BCUT2D eigenvalue weighted by molar-refractivity contribution is -0.245. The zero-order valence-corrected chi connectivity index (χ0v) is 4.27. The molecule has 0 aromatic heterocycles. The van der Waals surface area contributed by atoms with Gasteiger partial charge in [-0.25, -0.2) is 10.1 Å². The van der Waals surface area contributed by atoms with Crippen molar-refractivity contribution < 1.29 is 10.1 Å². The molecule has 3 nitrogen and oxygen atoms in total. The normalized spacial score (nSPS) is 8.29. The second-order valence-electron chi connectivity index (χ2n) is 1.23. The highest BCUT2D eigenvalue weighted by Gasteiger charge is 1.77. The first-order valence-electron chi connectivity index (χ1n) is 1.93.